The minimum Gasteiger partial charge on any atom is -0.346 e. The predicted molar refractivity (Wildman–Crippen MR) is 61.5 cm³/mol. The van der Waals surface area contributed by atoms with Gasteiger partial charge >= 0.3 is 0 Å². The zero-order valence-electron chi connectivity index (χ0n) is 9.85. The lowest BCUT2D eigenvalue weighted by Gasteiger charge is -2.37. The summed E-state index contributed by atoms with van der Waals surface area (Å²) < 4.78 is 0. The van der Waals surface area contributed by atoms with Crippen molar-refractivity contribution in [2.45, 2.75) is 26.3 Å². The summed E-state index contributed by atoms with van der Waals surface area (Å²) in [5, 5.41) is 9.28. The number of hydrogen-bond donors (Lipinski definition) is 1. The average molecular weight is 218 g/mol. The molecule has 1 aromatic heterocycles. The maximum Gasteiger partial charge on any atom is 0.140 e. The van der Waals surface area contributed by atoms with E-state index in [9.17, 15) is 5.26 Å². The van der Waals surface area contributed by atoms with Crippen LogP contribution in [0.2, 0.25) is 0 Å². The summed E-state index contributed by atoms with van der Waals surface area (Å²) in [4.78, 5) is 9.29. The van der Waals surface area contributed by atoms with E-state index in [0.717, 1.165) is 18.8 Å². The monoisotopic (exact) mass is 218 g/mol. The molecular weight excluding hydrogens is 200 g/mol. The van der Waals surface area contributed by atoms with E-state index < -0.39 is 0 Å². The number of H-pyrrole nitrogens is 1. The fourth-order valence-electron chi connectivity index (χ4n) is 2.69. The van der Waals surface area contributed by atoms with E-state index >= 15 is 0 Å². The maximum absolute atomic E-state index is 9.28. The first-order valence-corrected chi connectivity index (χ1v) is 5.82. The largest absolute Gasteiger partial charge is 0.346 e. The van der Waals surface area contributed by atoms with Gasteiger partial charge in [0.1, 0.15) is 6.04 Å². The number of likely N-dealkylation sites (tertiary alicyclic amines) is 1. The Morgan fingerprint density at radius 2 is 2.19 bits per heavy atom. The van der Waals surface area contributed by atoms with Crippen LogP contribution in [0.3, 0.4) is 0 Å². The van der Waals surface area contributed by atoms with Gasteiger partial charge in [-0.2, -0.15) is 5.26 Å². The maximum atomic E-state index is 9.28. The fourth-order valence-corrected chi connectivity index (χ4v) is 2.69. The van der Waals surface area contributed by atoms with Crippen LogP contribution in [0.1, 0.15) is 32.0 Å². The number of rotatable bonds is 2. The van der Waals surface area contributed by atoms with E-state index in [1.165, 1.54) is 6.42 Å². The highest BCUT2D eigenvalue weighted by Crippen LogP contribution is 2.27. The van der Waals surface area contributed by atoms with Gasteiger partial charge in [-0.25, -0.2) is 4.98 Å². The minimum atomic E-state index is -0.173. The number of aromatic nitrogens is 2. The lowest BCUT2D eigenvalue weighted by molar-refractivity contribution is 0.116. The van der Waals surface area contributed by atoms with Crippen LogP contribution in [0.5, 0.6) is 0 Å². The van der Waals surface area contributed by atoms with Gasteiger partial charge in [0, 0.05) is 13.1 Å². The number of aromatic amines is 1. The van der Waals surface area contributed by atoms with E-state index in [1.54, 1.807) is 12.5 Å². The molecule has 1 aromatic rings. The lowest BCUT2D eigenvalue weighted by atomic mass is 9.90. The molecule has 0 bridgehead atoms. The molecule has 1 fully saturated rings. The highest BCUT2D eigenvalue weighted by atomic mass is 15.2. The summed E-state index contributed by atoms with van der Waals surface area (Å²) in [5.74, 6) is 1.34. The van der Waals surface area contributed by atoms with Crippen LogP contribution in [-0.2, 0) is 0 Å². The fraction of sp³-hybridized carbons (Fsp3) is 0.667. The molecule has 16 heavy (non-hydrogen) atoms. The van der Waals surface area contributed by atoms with Crippen LogP contribution in [0.25, 0.3) is 0 Å². The highest BCUT2D eigenvalue weighted by molar-refractivity contribution is 5.12. The van der Waals surface area contributed by atoms with Crippen LogP contribution < -0.4 is 0 Å². The first-order valence-electron chi connectivity index (χ1n) is 5.82. The number of nitrogens with zero attached hydrogens (tertiary/aromatic N) is 3. The number of imidazole rings is 1. The summed E-state index contributed by atoms with van der Waals surface area (Å²) in [6.07, 6.45) is 4.64. The topological polar surface area (TPSA) is 55.7 Å². The Morgan fingerprint density at radius 1 is 1.50 bits per heavy atom. The van der Waals surface area contributed by atoms with Crippen molar-refractivity contribution in [3.8, 4) is 6.07 Å². The van der Waals surface area contributed by atoms with Gasteiger partial charge in [0.15, 0.2) is 0 Å². The van der Waals surface area contributed by atoms with Crippen molar-refractivity contribution in [3.05, 3.63) is 18.2 Å². The van der Waals surface area contributed by atoms with E-state index in [-0.39, 0.29) is 6.04 Å². The van der Waals surface area contributed by atoms with Gasteiger partial charge in [-0.05, 0) is 18.3 Å². The van der Waals surface area contributed by atoms with Gasteiger partial charge in [-0.1, -0.05) is 13.8 Å². The molecule has 3 atom stereocenters. The minimum absolute atomic E-state index is 0.173. The molecule has 0 aliphatic carbocycles. The predicted octanol–water partition coefficient (Wildman–Crippen LogP) is 1.95. The first-order chi connectivity index (χ1) is 7.70. The van der Waals surface area contributed by atoms with Crippen molar-refractivity contribution in [2.24, 2.45) is 11.8 Å². The van der Waals surface area contributed by atoms with Crippen LogP contribution in [0.15, 0.2) is 12.5 Å². The molecule has 2 rings (SSSR count). The highest BCUT2D eigenvalue weighted by Gasteiger charge is 2.28. The lowest BCUT2D eigenvalue weighted by Crippen LogP contribution is -2.40. The molecular formula is C12H18N4. The molecule has 1 aliphatic rings. The quantitative estimate of drug-likeness (QED) is 0.825. The van der Waals surface area contributed by atoms with E-state index in [4.69, 9.17) is 0 Å². The van der Waals surface area contributed by atoms with Crippen molar-refractivity contribution in [2.75, 3.05) is 13.1 Å². The third kappa shape index (κ3) is 2.25. The van der Waals surface area contributed by atoms with E-state index in [1.807, 2.05) is 0 Å². The van der Waals surface area contributed by atoms with Crippen molar-refractivity contribution in [1.29, 1.82) is 5.26 Å². The second-order valence-electron chi connectivity index (χ2n) is 4.94. The third-order valence-corrected chi connectivity index (χ3v) is 3.20. The van der Waals surface area contributed by atoms with Crippen molar-refractivity contribution >= 4 is 0 Å². The second-order valence-corrected chi connectivity index (χ2v) is 4.94. The summed E-state index contributed by atoms with van der Waals surface area (Å²) in [6.45, 7) is 6.51. The molecule has 4 heteroatoms. The zero-order valence-corrected chi connectivity index (χ0v) is 9.85. The molecule has 1 N–H and O–H groups in total. The van der Waals surface area contributed by atoms with Gasteiger partial charge in [0.25, 0.3) is 0 Å². The van der Waals surface area contributed by atoms with Crippen LogP contribution in [-0.4, -0.2) is 28.0 Å². The Balaban J connectivity index is 2.13. The summed E-state index contributed by atoms with van der Waals surface area (Å²) in [5.41, 5.74) is 0.906. The molecule has 0 saturated carbocycles. The van der Waals surface area contributed by atoms with Crippen molar-refractivity contribution < 1.29 is 0 Å². The molecule has 1 aliphatic heterocycles. The average Bonchev–Trinajstić information content (AvgIpc) is 2.70. The SMILES string of the molecule is CC1CC(C)CN(C(C#N)c2cnc[nH]2)C1. The summed E-state index contributed by atoms with van der Waals surface area (Å²) >= 11 is 0. The molecule has 1 saturated heterocycles. The molecule has 0 aromatic carbocycles. The number of piperidine rings is 1. The van der Waals surface area contributed by atoms with Gasteiger partial charge in [-0.3, -0.25) is 4.90 Å². The smallest absolute Gasteiger partial charge is 0.140 e. The Labute approximate surface area is 96.3 Å². The number of nitriles is 1. The Morgan fingerprint density at radius 3 is 2.69 bits per heavy atom. The Bertz CT molecular complexity index is 355. The van der Waals surface area contributed by atoms with Crippen molar-refractivity contribution in [3.63, 3.8) is 0 Å². The molecule has 2 heterocycles. The van der Waals surface area contributed by atoms with Crippen LogP contribution >= 0.6 is 0 Å². The molecule has 3 unspecified atom stereocenters. The summed E-state index contributed by atoms with van der Waals surface area (Å²) in [7, 11) is 0. The second kappa shape index (κ2) is 4.67. The van der Waals surface area contributed by atoms with E-state index in [0.29, 0.717) is 11.8 Å². The van der Waals surface area contributed by atoms with Crippen LogP contribution in [0, 0.1) is 23.2 Å². The Kier molecular flexibility index (Phi) is 3.25. The first kappa shape index (κ1) is 11.2. The normalized spacial score (nSPS) is 28.6. The number of nitrogens with one attached hydrogen (secondary N) is 1. The van der Waals surface area contributed by atoms with Crippen LogP contribution in [0.4, 0.5) is 0 Å². The van der Waals surface area contributed by atoms with Gasteiger partial charge in [-0.15, -0.1) is 0 Å². The molecule has 0 radical (unpaired) electrons. The zero-order chi connectivity index (χ0) is 11.5. The van der Waals surface area contributed by atoms with Gasteiger partial charge < -0.3 is 4.98 Å². The molecule has 0 spiro atoms. The van der Waals surface area contributed by atoms with Gasteiger partial charge in [0.2, 0.25) is 0 Å². The number of hydrogen-bond acceptors (Lipinski definition) is 3. The molecule has 0 amide bonds. The molecule has 86 valence electrons. The third-order valence-electron chi connectivity index (χ3n) is 3.20. The Hall–Kier alpha value is -1.34. The summed E-state index contributed by atoms with van der Waals surface area (Å²) in [6, 6.07) is 2.20. The standard InChI is InChI=1S/C12H18N4/c1-9-3-10(2)7-16(6-9)12(4-13)11-5-14-8-15-11/h5,8-10,12H,3,6-7H2,1-2H3,(H,14,15). The molecule has 4 nitrogen and oxygen atoms in total. The van der Waals surface area contributed by atoms with Gasteiger partial charge in [0.05, 0.1) is 24.3 Å². The van der Waals surface area contributed by atoms with Crippen molar-refractivity contribution in [1.82, 2.24) is 14.9 Å². The van der Waals surface area contributed by atoms with E-state index in [2.05, 4.69) is 34.8 Å².